The summed E-state index contributed by atoms with van der Waals surface area (Å²) >= 11 is 0. The third-order valence-corrected chi connectivity index (χ3v) is 1.62. The molecule has 0 spiro atoms. The minimum Gasteiger partial charge on any atom is -0.483 e. The third-order valence-electron chi connectivity index (χ3n) is 1.62. The Labute approximate surface area is 87.0 Å². The largest absolute Gasteiger partial charge is 0.483 e. The number of hydrogen-bond donors (Lipinski definition) is 1. The standard InChI is InChI=1S/C8H7F5N2O/c9-7(10,8(11,12)13)4-16-5-2-1-3-15-6(5)14/h1-3H,4H2,(H2,14,15). The van der Waals surface area contributed by atoms with Crippen LogP contribution in [-0.4, -0.2) is 23.7 Å². The fourth-order valence-electron chi connectivity index (χ4n) is 0.775. The summed E-state index contributed by atoms with van der Waals surface area (Å²) in [6, 6.07) is 2.45. The molecule has 0 aliphatic heterocycles. The molecular weight excluding hydrogens is 235 g/mol. The zero-order valence-corrected chi connectivity index (χ0v) is 7.76. The van der Waals surface area contributed by atoms with Gasteiger partial charge in [0.1, 0.15) is 0 Å². The van der Waals surface area contributed by atoms with Crippen molar-refractivity contribution in [3.63, 3.8) is 0 Å². The van der Waals surface area contributed by atoms with Crippen molar-refractivity contribution in [2.45, 2.75) is 12.1 Å². The molecular formula is C8H7F5N2O. The molecule has 0 aliphatic rings. The van der Waals surface area contributed by atoms with Gasteiger partial charge in [0, 0.05) is 6.20 Å². The van der Waals surface area contributed by atoms with E-state index in [1.54, 1.807) is 0 Å². The summed E-state index contributed by atoms with van der Waals surface area (Å²) in [5.41, 5.74) is 5.20. The molecule has 0 fully saturated rings. The Hall–Kier alpha value is -1.60. The van der Waals surface area contributed by atoms with Gasteiger partial charge in [-0.2, -0.15) is 22.0 Å². The predicted octanol–water partition coefficient (Wildman–Crippen LogP) is 2.24. The highest BCUT2D eigenvalue weighted by Gasteiger charge is 2.58. The molecule has 0 amide bonds. The molecule has 3 nitrogen and oxygen atoms in total. The van der Waals surface area contributed by atoms with Gasteiger partial charge in [0.15, 0.2) is 18.2 Å². The van der Waals surface area contributed by atoms with E-state index in [0.717, 1.165) is 6.07 Å². The van der Waals surface area contributed by atoms with Crippen LogP contribution in [0.3, 0.4) is 0 Å². The Morgan fingerprint density at radius 3 is 2.38 bits per heavy atom. The average molecular weight is 242 g/mol. The molecule has 0 atom stereocenters. The second kappa shape index (κ2) is 4.11. The van der Waals surface area contributed by atoms with Crippen molar-refractivity contribution in [3.05, 3.63) is 18.3 Å². The highest BCUT2D eigenvalue weighted by atomic mass is 19.4. The van der Waals surface area contributed by atoms with Crippen LogP contribution in [0.25, 0.3) is 0 Å². The molecule has 1 aromatic rings. The molecule has 0 aromatic carbocycles. The van der Waals surface area contributed by atoms with Gasteiger partial charge in [-0.05, 0) is 12.1 Å². The van der Waals surface area contributed by atoms with Gasteiger partial charge in [0.25, 0.3) is 0 Å². The average Bonchev–Trinajstić information content (AvgIpc) is 2.15. The topological polar surface area (TPSA) is 48.1 Å². The first-order valence-electron chi connectivity index (χ1n) is 4.02. The molecule has 0 saturated carbocycles. The van der Waals surface area contributed by atoms with Crippen LogP contribution in [0.5, 0.6) is 5.75 Å². The molecule has 8 heteroatoms. The summed E-state index contributed by atoms with van der Waals surface area (Å²) in [6.07, 6.45) is -4.39. The molecule has 0 saturated heterocycles. The van der Waals surface area contributed by atoms with Crippen molar-refractivity contribution in [1.29, 1.82) is 0 Å². The van der Waals surface area contributed by atoms with Gasteiger partial charge in [-0.1, -0.05) is 0 Å². The van der Waals surface area contributed by atoms with Crippen LogP contribution in [-0.2, 0) is 0 Å². The minimum absolute atomic E-state index is 0.250. The Balaban J connectivity index is 2.69. The van der Waals surface area contributed by atoms with Gasteiger partial charge in [-0.15, -0.1) is 0 Å². The van der Waals surface area contributed by atoms with Gasteiger partial charge in [0.2, 0.25) is 0 Å². The Morgan fingerprint density at radius 2 is 1.88 bits per heavy atom. The van der Waals surface area contributed by atoms with Gasteiger partial charge >= 0.3 is 12.1 Å². The summed E-state index contributed by atoms with van der Waals surface area (Å²) < 4.78 is 64.4. The quantitative estimate of drug-likeness (QED) is 0.827. The van der Waals surface area contributed by atoms with Crippen LogP contribution < -0.4 is 10.5 Å². The van der Waals surface area contributed by atoms with Gasteiger partial charge in [-0.25, -0.2) is 4.98 Å². The normalized spacial score (nSPS) is 12.6. The number of alkyl halides is 5. The van der Waals surface area contributed by atoms with Crippen molar-refractivity contribution in [2.24, 2.45) is 0 Å². The monoisotopic (exact) mass is 242 g/mol. The third kappa shape index (κ3) is 2.71. The van der Waals surface area contributed by atoms with Gasteiger partial charge in [0.05, 0.1) is 0 Å². The van der Waals surface area contributed by atoms with E-state index in [2.05, 4.69) is 9.72 Å². The number of nitrogens with two attached hydrogens (primary N) is 1. The highest BCUT2D eigenvalue weighted by Crippen LogP contribution is 2.36. The Kier molecular flexibility index (Phi) is 3.20. The van der Waals surface area contributed by atoms with Crippen molar-refractivity contribution >= 4 is 5.82 Å². The van der Waals surface area contributed by atoms with E-state index in [1.807, 2.05) is 0 Å². The Morgan fingerprint density at radius 1 is 1.25 bits per heavy atom. The second-order valence-corrected chi connectivity index (χ2v) is 2.88. The maximum Gasteiger partial charge on any atom is 0.456 e. The summed E-state index contributed by atoms with van der Waals surface area (Å²) in [5, 5.41) is 0. The van der Waals surface area contributed by atoms with Crippen LogP contribution in [0.15, 0.2) is 18.3 Å². The lowest BCUT2D eigenvalue weighted by Gasteiger charge is -2.19. The molecule has 0 unspecified atom stereocenters. The lowest BCUT2D eigenvalue weighted by Crippen LogP contribution is -2.41. The smallest absolute Gasteiger partial charge is 0.456 e. The SMILES string of the molecule is Nc1ncccc1OCC(F)(F)C(F)(F)F. The molecule has 0 bridgehead atoms. The number of halogens is 5. The molecule has 1 heterocycles. The number of nitrogens with zero attached hydrogens (tertiary/aromatic N) is 1. The molecule has 2 N–H and O–H groups in total. The molecule has 1 rings (SSSR count). The van der Waals surface area contributed by atoms with E-state index >= 15 is 0 Å². The van der Waals surface area contributed by atoms with Crippen LogP contribution in [0.1, 0.15) is 0 Å². The van der Waals surface area contributed by atoms with Crippen LogP contribution in [0.4, 0.5) is 27.8 Å². The summed E-state index contributed by atoms with van der Waals surface area (Å²) in [4.78, 5) is 3.47. The van der Waals surface area contributed by atoms with E-state index in [1.165, 1.54) is 12.3 Å². The number of nitrogen functional groups attached to an aromatic ring is 1. The lowest BCUT2D eigenvalue weighted by atomic mass is 10.3. The second-order valence-electron chi connectivity index (χ2n) is 2.88. The molecule has 90 valence electrons. The van der Waals surface area contributed by atoms with Crippen molar-refractivity contribution < 1.29 is 26.7 Å². The van der Waals surface area contributed by atoms with Crippen LogP contribution in [0.2, 0.25) is 0 Å². The van der Waals surface area contributed by atoms with E-state index in [-0.39, 0.29) is 11.6 Å². The fraction of sp³-hybridized carbons (Fsp3) is 0.375. The van der Waals surface area contributed by atoms with Crippen molar-refractivity contribution in [2.75, 3.05) is 12.3 Å². The van der Waals surface area contributed by atoms with Gasteiger partial charge in [-0.3, -0.25) is 0 Å². The lowest BCUT2D eigenvalue weighted by molar-refractivity contribution is -0.289. The maximum absolute atomic E-state index is 12.4. The fourth-order valence-corrected chi connectivity index (χ4v) is 0.775. The predicted molar refractivity (Wildman–Crippen MR) is 45.1 cm³/mol. The summed E-state index contributed by atoms with van der Waals surface area (Å²) in [5.74, 6) is -5.48. The van der Waals surface area contributed by atoms with E-state index in [4.69, 9.17) is 5.73 Å². The molecule has 16 heavy (non-hydrogen) atoms. The number of pyridine rings is 1. The number of anilines is 1. The molecule has 0 radical (unpaired) electrons. The first-order valence-corrected chi connectivity index (χ1v) is 4.02. The van der Waals surface area contributed by atoms with Gasteiger partial charge < -0.3 is 10.5 Å². The first-order chi connectivity index (χ1) is 7.24. The number of hydrogen-bond acceptors (Lipinski definition) is 3. The summed E-state index contributed by atoms with van der Waals surface area (Å²) in [6.45, 7) is -1.83. The van der Waals surface area contributed by atoms with Crippen LogP contribution >= 0.6 is 0 Å². The Bertz CT molecular complexity index is 366. The number of ether oxygens (including phenoxy) is 1. The zero-order chi connectivity index (χ0) is 12.4. The minimum atomic E-state index is -5.65. The number of aromatic nitrogens is 1. The van der Waals surface area contributed by atoms with E-state index < -0.39 is 18.7 Å². The molecule has 0 aliphatic carbocycles. The maximum atomic E-state index is 12.4. The van der Waals surface area contributed by atoms with E-state index in [9.17, 15) is 22.0 Å². The number of rotatable bonds is 3. The highest BCUT2D eigenvalue weighted by molar-refractivity contribution is 5.44. The zero-order valence-electron chi connectivity index (χ0n) is 7.76. The summed E-state index contributed by atoms with van der Waals surface area (Å²) in [7, 11) is 0. The van der Waals surface area contributed by atoms with Crippen LogP contribution in [0, 0.1) is 0 Å². The molecule has 1 aromatic heterocycles. The van der Waals surface area contributed by atoms with Crippen molar-refractivity contribution in [1.82, 2.24) is 4.98 Å². The first kappa shape index (κ1) is 12.5. The van der Waals surface area contributed by atoms with Crippen molar-refractivity contribution in [3.8, 4) is 5.75 Å². The van der Waals surface area contributed by atoms with E-state index in [0.29, 0.717) is 0 Å².